The molecule has 0 unspecified atom stereocenters. The zero-order chi connectivity index (χ0) is 13.9. The molecule has 1 aromatic rings. The van der Waals surface area contributed by atoms with Gasteiger partial charge < -0.3 is 5.32 Å². The summed E-state index contributed by atoms with van der Waals surface area (Å²) in [7, 11) is 0. The Bertz CT molecular complexity index is 430. The highest BCUT2D eigenvalue weighted by Gasteiger charge is 2.35. The largest absolute Gasteiger partial charge is 0.314 e. The Labute approximate surface area is 126 Å². The molecule has 1 heterocycles. The van der Waals surface area contributed by atoms with Crippen LogP contribution in [0.15, 0.2) is 18.2 Å². The number of nitrogens with one attached hydrogen (secondary N) is 1. The number of hydrogen-bond donors (Lipinski definition) is 1. The Balaban J connectivity index is 2.17. The summed E-state index contributed by atoms with van der Waals surface area (Å²) in [6.07, 6.45) is 2.33. The second-order valence-corrected chi connectivity index (χ2v) is 6.09. The van der Waals surface area contributed by atoms with Crippen molar-refractivity contribution >= 4 is 23.2 Å². The quantitative estimate of drug-likeness (QED) is 0.905. The van der Waals surface area contributed by atoms with E-state index in [1.807, 2.05) is 12.1 Å². The van der Waals surface area contributed by atoms with Crippen molar-refractivity contribution in [3.63, 3.8) is 0 Å². The molecule has 0 saturated carbocycles. The fraction of sp³-hybridized carbons (Fsp3) is 0.600. The predicted octanol–water partition coefficient (Wildman–Crippen LogP) is 3.96. The van der Waals surface area contributed by atoms with E-state index in [9.17, 15) is 0 Å². The number of nitrogens with zero attached hydrogens (tertiary/aromatic N) is 1. The van der Waals surface area contributed by atoms with Crippen molar-refractivity contribution in [2.24, 2.45) is 0 Å². The van der Waals surface area contributed by atoms with Crippen LogP contribution < -0.4 is 5.32 Å². The van der Waals surface area contributed by atoms with E-state index in [0.29, 0.717) is 10.0 Å². The van der Waals surface area contributed by atoms with E-state index < -0.39 is 0 Å². The summed E-state index contributed by atoms with van der Waals surface area (Å²) in [5.74, 6) is 0. The molecule has 1 fully saturated rings. The molecular formula is C15H22Cl2N2. The lowest BCUT2D eigenvalue weighted by atomic mass is 9.88. The maximum absolute atomic E-state index is 6.11. The van der Waals surface area contributed by atoms with Crippen LogP contribution in [0.2, 0.25) is 10.0 Å². The Morgan fingerprint density at radius 2 is 1.95 bits per heavy atom. The molecule has 0 aliphatic carbocycles. The molecule has 0 atom stereocenters. The molecular weight excluding hydrogens is 279 g/mol. The minimum Gasteiger partial charge on any atom is -0.314 e. The molecule has 0 bridgehead atoms. The molecule has 2 nitrogen and oxygen atoms in total. The van der Waals surface area contributed by atoms with Crippen molar-refractivity contribution in [1.82, 2.24) is 10.2 Å². The van der Waals surface area contributed by atoms with Gasteiger partial charge in [-0.2, -0.15) is 0 Å². The fourth-order valence-electron chi connectivity index (χ4n) is 2.94. The van der Waals surface area contributed by atoms with Gasteiger partial charge >= 0.3 is 0 Å². The summed E-state index contributed by atoms with van der Waals surface area (Å²) in [4.78, 5) is 2.59. The Morgan fingerprint density at radius 1 is 1.21 bits per heavy atom. The average Bonchev–Trinajstić information content (AvgIpc) is 2.44. The van der Waals surface area contributed by atoms with Crippen LogP contribution in [0.4, 0.5) is 0 Å². The van der Waals surface area contributed by atoms with E-state index in [1.54, 1.807) is 0 Å². The van der Waals surface area contributed by atoms with Crippen LogP contribution >= 0.6 is 23.2 Å². The van der Waals surface area contributed by atoms with E-state index >= 15 is 0 Å². The molecule has 1 aromatic carbocycles. The third-order valence-electron chi connectivity index (χ3n) is 4.36. The second kappa shape index (κ2) is 6.45. The standard InChI is InChI=1S/C15H22Cl2N2/c1-3-15(4-2)11-18-7-8-19(15)10-12-5-6-13(16)14(17)9-12/h5-6,9,18H,3-4,7-8,10-11H2,1-2H3. The van der Waals surface area contributed by atoms with Crippen LogP contribution in [0.1, 0.15) is 32.3 Å². The number of rotatable bonds is 4. The van der Waals surface area contributed by atoms with Crippen LogP contribution in [0.5, 0.6) is 0 Å². The first-order valence-corrected chi connectivity index (χ1v) is 7.76. The zero-order valence-electron chi connectivity index (χ0n) is 11.7. The van der Waals surface area contributed by atoms with Gasteiger partial charge in [0.2, 0.25) is 0 Å². The Hall–Kier alpha value is -0.280. The number of halogens is 2. The molecule has 1 aliphatic rings. The minimum absolute atomic E-state index is 0.268. The predicted molar refractivity (Wildman–Crippen MR) is 83.1 cm³/mol. The van der Waals surface area contributed by atoms with Crippen molar-refractivity contribution in [3.05, 3.63) is 33.8 Å². The highest BCUT2D eigenvalue weighted by atomic mass is 35.5. The van der Waals surface area contributed by atoms with E-state index in [0.717, 1.165) is 39.0 Å². The smallest absolute Gasteiger partial charge is 0.0595 e. The van der Waals surface area contributed by atoms with Crippen molar-refractivity contribution in [2.75, 3.05) is 19.6 Å². The second-order valence-electron chi connectivity index (χ2n) is 5.28. The van der Waals surface area contributed by atoms with Crippen LogP contribution in [0.25, 0.3) is 0 Å². The van der Waals surface area contributed by atoms with Crippen LogP contribution in [0.3, 0.4) is 0 Å². The van der Waals surface area contributed by atoms with E-state index in [-0.39, 0.29) is 5.54 Å². The maximum atomic E-state index is 6.11. The van der Waals surface area contributed by atoms with Gasteiger partial charge in [0, 0.05) is 31.7 Å². The normalized spacial score (nSPS) is 19.6. The molecule has 1 saturated heterocycles. The van der Waals surface area contributed by atoms with Crippen LogP contribution in [-0.2, 0) is 6.54 Å². The Morgan fingerprint density at radius 3 is 2.58 bits per heavy atom. The van der Waals surface area contributed by atoms with Gasteiger partial charge in [-0.25, -0.2) is 0 Å². The van der Waals surface area contributed by atoms with E-state index in [2.05, 4.69) is 30.1 Å². The molecule has 0 aromatic heterocycles. The van der Waals surface area contributed by atoms with Crippen LogP contribution in [0, 0.1) is 0 Å². The topological polar surface area (TPSA) is 15.3 Å². The number of benzene rings is 1. The van der Waals surface area contributed by atoms with E-state index in [1.165, 1.54) is 5.56 Å². The third kappa shape index (κ3) is 3.25. The molecule has 0 spiro atoms. The summed E-state index contributed by atoms with van der Waals surface area (Å²) < 4.78 is 0. The highest BCUT2D eigenvalue weighted by molar-refractivity contribution is 6.42. The van der Waals surface area contributed by atoms with Crippen molar-refractivity contribution in [2.45, 2.75) is 38.8 Å². The van der Waals surface area contributed by atoms with Gasteiger partial charge in [0.15, 0.2) is 0 Å². The Kier molecular flexibility index (Phi) is 5.13. The molecule has 4 heteroatoms. The maximum Gasteiger partial charge on any atom is 0.0595 e. The van der Waals surface area contributed by atoms with Gasteiger partial charge in [-0.15, -0.1) is 0 Å². The van der Waals surface area contributed by atoms with Crippen molar-refractivity contribution < 1.29 is 0 Å². The van der Waals surface area contributed by atoms with Gasteiger partial charge in [0.25, 0.3) is 0 Å². The molecule has 1 aliphatic heterocycles. The lowest BCUT2D eigenvalue weighted by molar-refractivity contribution is 0.0448. The van der Waals surface area contributed by atoms with Gasteiger partial charge in [-0.05, 0) is 30.5 Å². The SMILES string of the molecule is CCC1(CC)CNCCN1Cc1ccc(Cl)c(Cl)c1. The van der Waals surface area contributed by atoms with Gasteiger partial charge in [0.05, 0.1) is 10.0 Å². The summed E-state index contributed by atoms with van der Waals surface area (Å²) in [5.41, 5.74) is 1.51. The first kappa shape index (κ1) is 15.1. The summed E-state index contributed by atoms with van der Waals surface area (Å²) >= 11 is 12.1. The lowest BCUT2D eigenvalue weighted by Crippen LogP contribution is -2.60. The fourth-order valence-corrected chi connectivity index (χ4v) is 3.26. The van der Waals surface area contributed by atoms with Crippen molar-refractivity contribution in [1.29, 1.82) is 0 Å². The minimum atomic E-state index is 0.268. The zero-order valence-corrected chi connectivity index (χ0v) is 13.2. The molecule has 106 valence electrons. The summed E-state index contributed by atoms with van der Waals surface area (Å²) in [5, 5.41) is 4.80. The molecule has 19 heavy (non-hydrogen) atoms. The average molecular weight is 301 g/mol. The monoisotopic (exact) mass is 300 g/mol. The highest BCUT2D eigenvalue weighted by Crippen LogP contribution is 2.29. The van der Waals surface area contributed by atoms with E-state index in [4.69, 9.17) is 23.2 Å². The molecule has 0 radical (unpaired) electrons. The summed E-state index contributed by atoms with van der Waals surface area (Å²) in [6.45, 7) is 8.71. The molecule has 2 rings (SSSR count). The number of hydrogen-bond acceptors (Lipinski definition) is 2. The van der Waals surface area contributed by atoms with Gasteiger partial charge in [-0.1, -0.05) is 43.1 Å². The first-order valence-electron chi connectivity index (χ1n) is 7.01. The molecule has 1 N–H and O–H groups in total. The first-order chi connectivity index (χ1) is 9.11. The van der Waals surface area contributed by atoms with Gasteiger partial charge in [0.1, 0.15) is 0 Å². The summed E-state index contributed by atoms with van der Waals surface area (Å²) in [6, 6.07) is 5.95. The molecule has 0 amide bonds. The lowest BCUT2D eigenvalue weighted by Gasteiger charge is -2.47. The van der Waals surface area contributed by atoms with Crippen molar-refractivity contribution in [3.8, 4) is 0 Å². The van der Waals surface area contributed by atoms with Gasteiger partial charge in [-0.3, -0.25) is 4.90 Å². The third-order valence-corrected chi connectivity index (χ3v) is 5.10. The van der Waals surface area contributed by atoms with Crippen LogP contribution in [-0.4, -0.2) is 30.1 Å². The number of piperazine rings is 1.